The molecule has 5 nitrogen and oxygen atoms in total. The molecule has 1 N–H and O–H groups in total. The van der Waals surface area contributed by atoms with E-state index in [4.69, 9.17) is 16.3 Å². The summed E-state index contributed by atoms with van der Waals surface area (Å²) in [6.07, 6.45) is 7.85. The Morgan fingerprint density at radius 3 is 2.64 bits per heavy atom. The van der Waals surface area contributed by atoms with Crippen LogP contribution in [0.2, 0.25) is 5.02 Å². The van der Waals surface area contributed by atoms with Crippen LogP contribution in [0.1, 0.15) is 82.8 Å². The molecule has 1 heterocycles. The van der Waals surface area contributed by atoms with Gasteiger partial charge in [-0.05, 0) is 90.4 Å². The van der Waals surface area contributed by atoms with Crippen molar-refractivity contribution >= 4 is 23.5 Å². The van der Waals surface area contributed by atoms with Gasteiger partial charge in [-0.15, -0.1) is 0 Å². The molecule has 6 heteroatoms. The molecule has 194 valence electrons. The fourth-order valence-electron chi connectivity index (χ4n) is 8.20. The van der Waals surface area contributed by atoms with E-state index in [9.17, 15) is 14.7 Å². The number of hydrogen-bond donors (Lipinski definition) is 1. The predicted octanol–water partition coefficient (Wildman–Crippen LogP) is 6.15. The number of nitrogens with zero attached hydrogens (tertiary/aromatic N) is 1. The van der Waals surface area contributed by atoms with Crippen LogP contribution in [-0.4, -0.2) is 41.6 Å². The summed E-state index contributed by atoms with van der Waals surface area (Å²) in [5, 5.41) is 10.7. The summed E-state index contributed by atoms with van der Waals surface area (Å²) in [4.78, 5) is 27.6. The van der Waals surface area contributed by atoms with Gasteiger partial charge < -0.3 is 14.7 Å². The van der Waals surface area contributed by atoms with Gasteiger partial charge in [0.15, 0.2) is 0 Å². The van der Waals surface area contributed by atoms with E-state index in [0.29, 0.717) is 37.2 Å². The molecule has 4 unspecified atom stereocenters. The number of ether oxygens (including phenoxy) is 1. The highest BCUT2D eigenvalue weighted by Crippen LogP contribution is 2.89. The third-order valence-electron chi connectivity index (χ3n) is 10.9. The molecule has 5 aliphatic rings. The van der Waals surface area contributed by atoms with Gasteiger partial charge in [0.05, 0.1) is 5.41 Å². The molecule has 1 aliphatic heterocycles. The lowest BCUT2D eigenvalue weighted by Crippen LogP contribution is -2.46. The van der Waals surface area contributed by atoms with Gasteiger partial charge in [0.2, 0.25) is 5.91 Å². The van der Waals surface area contributed by atoms with E-state index in [-0.39, 0.29) is 17.4 Å². The first-order valence-electron chi connectivity index (χ1n) is 13.6. The van der Waals surface area contributed by atoms with Crippen molar-refractivity contribution in [2.24, 2.45) is 28.6 Å². The number of rotatable bonds is 8. The van der Waals surface area contributed by atoms with Crippen molar-refractivity contribution in [1.82, 2.24) is 4.90 Å². The average molecular weight is 512 g/mol. The Bertz CT molecular complexity index is 1160. The number of aliphatic carboxylic acids is 1. The summed E-state index contributed by atoms with van der Waals surface area (Å²) in [5.41, 5.74) is 2.38. The highest BCUT2D eigenvalue weighted by atomic mass is 35.5. The molecule has 0 aromatic heterocycles. The van der Waals surface area contributed by atoms with Gasteiger partial charge >= 0.3 is 5.97 Å². The van der Waals surface area contributed by atoms with Crippen molar-refractivity contribution in [3.05, 3.63) is 46.1 Å². The van der Waals surface area contributed by atoms with Gasteiger partial charge in [0.25, 0.3) is 0 Å². The number of benzene rings is 1. The van der Waals surface area contributed by atoms with Crippen molar-refractivity contribution in [3.8, 4) is 0 Å². The molecule has 1 aromatic carbocycles. The van der Waals surface area contributed by atoms with E-state index in [1.165, 1.54) is 18.4 Å². The standard InChI is InChI=1S/C30H38ClNO4/c1-17(2)18-9-19(10-18)22-6-5-20(11-24(22)31)28(3)14-26(33)32(15-21(28)7-8-36-4)25-13-30(27(34)35)16-29(30)12-23(25)29/h5-6,11,15,17-19,23,25H,7-10,12-14,16H2,1-4H3,(H,34,35)/t18?,19?,23?,25?,28-,29?,30?/m0/s1. The Hall–Kier alpha value is -1.85. The van der Waals surface area contributed by atoms with Crippen molar-refractivity contribution in [2.45, 2.75) is 83.1 Å². The van der Waals surface area contributed by atoms with E-state index in [2.05, 4.69) is 39.0 Å². The zero-order valence-corrected chi connectivity index (χ0v) is 22.6. The Balaban J connectivity index is 1.28. The van der Waals surface area contributed by atoms with Crippen molar-refractivity contribution < 1.29 is 19.4 Å². The minimum absolute atomic E-state index is 0.00271. The molecule has 0 saturated heterocycles. The lowest BCUT2D eigenvalue weighted by Gasteiger charge is -2.43. The van der Waals surface area contributed by atoms with Crippen LogP contribution in [-0.2, 0) is 19.7 Å². The van der Waals surface area contributed by atoms with Crippen LogP contribution in [0.4, 0.5) is 0 Å². The molecule has 0 radical (unpaired) electrons. The first-order valence-corrected chi connectivity index (χ1v) is 14.0. The van der Waals surface area contributed by atoms with Crippen LogP contribution in [0.3, 0.4) is 0 Å². The maximum atomic E-state index is 13.6. The summed E-state index contributed by atoms with van der Waals surface area (Å²) in [6, 6.07) is 6.45. The Morgan fingerprint density at radius 2 is 2.03 bits per heavy atom. The van der Waals surface area contributed by atoms with Gasteiger partial charge in [-0.25, -0.2) is 0 Å². The molecule has 1 aromatic rings. The highest BCUT2D eigenvalue weighted by molar-refractivity contribution is 6.31. The molecule has 1 amide bonds. The normalized spacial score (nSPS) is 40.4. The van der Waals surface area contributed by atoms with Gasteiger partial charge in [-0.3, -0.25) is 9.59 Å². The monoisotopic (exact) mass is 511 g/mol. The molecule has 5 atom stereocenters. The van der Waals surface area contributed by atoms with Gasteiger partial charge in [-0.2, -0.15) is 0 Å². The number of carbonyl (C=O) groups is 2. The third-order valence-corrected chi connectivity index (χ3v) is 11.3. The van der Waals surface area contributed by atoms with E-state index >= 15 is 0 Å². The lowest BCUT2D eigenvalue weighted by molar-refractivity contribution is -0.145. The van der Waals surface area contributed by atoms with E-state index < -0.39 is 16.8 Å². The maximum absolute atomic E-state index is 13.6. The van der Waals surface area contributed by atoms with Crippen LogP contribution >= 0.6 is 11.6 Å². The number of carbonyl (C=O) groups excluding carboxylic acids is 1. The molecular formula is C30H38ClNO4. The molecular weight excluding hydrogens is 474 g/mol. The van der Waals surface area contributed by atoms with Crippen LogP contribution in [0, 0.1) is 28.6 Å². The van der Waals surface area contributed by atoms with E-state index in [1.807, 2.05) is 11.1 Å². The molecule has 0 bridgehead atoms. The summed E-state index contributed by atoms with van der Waals surface area (Å²) >= 11 is 6.86. The number of amides is 1. The fourth-order valence-corrected chi connectivity index (χ4v) is 8.54. The molecule has 4 fully saturated rings. The number of hydrogen-bond acceptors (Lipinski definition) is 3. The smallest absolute Gasteiger partial charge is 0.310 e. The van der Waals surface area contributed by atoms with Crippen molar-refractivity contribution in [2.75, 3.05) is 13.7 Å². The zero-order valence-electron chi connectivity index (χ0n) is 21.9. The van der Waals surface area contributed by atoms with E-state index in [0.717, 1.165) is 41.3 Å². The topological polar surface area (TPSA) is 66.8 Å². The molecule has 1 spiro atoms. The summed E-state index contributed by atoms with van der Waals surface area (Å²) in [5.74, 6) is 1.76. The van der Waals surface area contributed by atoms with Crippen LogP contribution in [0.15, 0.2) is 30.0 Å². The third kappa shape index (κ3) is 3.31. The first kappa shape index (κ1) is 24.5. The molecule has 6 rings (SSSR count). The number of carboxylic acids is 1. The molecule has 4 saturated carbocycles. The maximum Gasteiger partial charge on any atom is 0.310 e. The van der Waals surface area contributed by atoms with E-state index in [1.54, 1.807) is 7.11 Å². The van der Waals surface area contributed by atoms with Gasteiger partial charge in [0.1, 0.15) is 0 Å². The Morgan fingerprint density at radius 1 is 1.28 bits per heavy atom. The van der Waals surface area contributed by atoms with Crippen molar-refractivity contribution in [3.63, 3.8) is 0 Å². The number of carboxylic acid groups (broad SMARTS) is 1. The van der Waals surface area contributed by atoms with Crippen molar-refractivity contribution in [1.29, 1.82) is 0 Å². The predicted molar refractivity (Wildman–Crippen MR) is 139 cm³/mol. The fraction of sp³-hybridized carbons (Fsp3) is 0.667. The summed E-state index contributed by atoms with van der Waals surface area (Å²) in [7, 11) is 1.70. The minimum Gasteiger partial charge on any atom is -0.481 e. The van der Waals surface area contributed by atoms with Crippen LogP contribution in [0.5, 0.6) is 0 Å². The molecule has 4 aliphatic carbocycles. The van der Waals surface area contributed by atoms with Crippen LogP contribution < -0.4 is 0 Å². The highest BCUT2D eigenvalue weighted by Gasteiger charge is 2.89. The number of methoxy groups -OCH3 is 1. The van der Waals surface area contributed by atoms with Crippen LogP contribution in [0.25, 0.3) is 0 Å². The number of halogens is 1. The summed E-state index contributed by atoms with van der Waals surface area (Å²) < 4.78 is 5.44. The SMILES string of the molecule is COCCC1=CN(C2CC3(C(=O)O)CC34CC24)C(=O)C[C@@]1(C)c1ccc(C2CC(C(C)C)C2)c(Cl)c1. The second kappa shape index (κ2) is 8.07. The average Bonchev–Trinajstić information content (AvgIpc) is 3.66. The summed E-state index contributed by atoms with van der Waals surface area (Å²) in [6.45, 7) is 7.31. The Kier molecular flexibility index (Phi) is 5.49. The minimum atomic E-state index is -0.675. The first-order chi connectivity index (χ1) is 17.1. The second-order valence-electron chi connectivity index (χ2n) is 12.9. The van der Waals surface area contributed by atoms with Gasteiger partial charge in [-0.1, -0.05) is 44.5 Å². The quantitative estimate of drug-likeness (QED) is 0.454. The van der Waals surface area contributed by atoms with Gasteiger partial charge in [0, 0.05) is 42.8 Å². The lowest BCUT2D eigenvalue weighted by atomic mass is 9.66. The second-order valence-corrected chi connectivity index (χ2v) is 13.3. The largest absolute Gasteiger partial charge is 0.481 e. The Labute approximate surface area is 219 Å². The molecule has 36 heavy (non-hydrogen) atoms. The zero-order chi connectivity index (χ0) is 25.6.